The standard InChI is InChI=1S/C18H21BrN2O3S/c1-2-21-11-12-24-17(13-21)14-7-9-15(10-8-14)20-25(22,23)18-6-4-3-5-16(18)19/h3-10,17,20H,2,11-13H2,1H3. The number of nitrogens with one attached hydrogen (secondary N) is 1. The Hall–Kier alpha value is -1.41. The monoisotopic (exact) mass is 424 g/mol. The molecule has 1 N–H and O–H groups in total. The van der Waals surface area contributed by atoms with Crippen LogP contribution in [0.1, 0.15) is 18.6 Å². The number of benzene rings is 2. The quantitative estimate of drug-likeness (QED) is 0.795. The van der Waals surface area contributed by atoms with Gasteiger partial charge in [-0.2, -0.15) is 0 Å². The Kier molecular flexibility index (Phi) is 5.78. The van der Waals surface area contributed by atoms with Gasteiger partial charge in [0.05, 0.1) is 12.7 Å². The lowest BCUT2D eigenvalue weighted by Gasteiger charge is -2.32. The molecule has 1 aliphatic heterocycles. The number of halogens is 1. The van der Waals surface area contributed by atoms with Gasteiger partial charge in [-0.05, 0) is 52.3 Å². The molecule has 7 heteroatoms. The van der Waals surface area contributed by atoms with Crippen LogP contribution in [-0.4, -0.2) is 39.6 Å². The number of ether oxygens (including phenoxy) is 1. The fourth-order valence-corrected chi connectivity index (χ4v) is 4.89. The highest BCUT2D eigenvalue weighted by molar-refractivity contribution is 9.10. The average Bonchev–Trinajstić information content (AvgIpc) is 2.62. The summed E-state index contributed by atoms with van der Waals surface area (Å²) in [7, 11) is -3.63. The highest BCUT2D eigenvalue weighted by Crippen LogP contribution is 2.26. The van der Waals surface area contributed by atoms with Crippen LogP contribution in [0.4, 0.5) is 5.69 Å². The number of sulfonamides is 1. The summed E-state index contributed by atoms with van der Waals surface area (Å²) >= 11 is 3.28. The van der Waals surface area contributed by atoms with Crippen LogP contribution in [0.15, 0.2) is 57.9 Å². The zero-order valence-corrected chi connectivity index (χ0v) is 16.4. The number of rotatable bonds is 5. The van der Waals surface area contributed by atoms with Crippen molar-refractivity contribution in [1.82, 2.24) is 4.90 Å². The number of hydrogen-bond donors (Lipinski definition) is 1. The molecule has 0 radical (unpaired) electrons. The SMILES string of the molecule is CCN1CCOC(c2ccc(NS(=O)(=O)c3ccccc3Br)cc2)C1. The third-order valence-electron chi connectivity index (χ3n) is 4.26. The van der Waals surface area contributed by atoms with Crippen molar-refractivity contribution in [2.75, 3.05) is 31.0 Å². The van der Waals surface area contributed by atoms with Gasteiger partial charge in [-0.15, -0.1) is 0 Å². The van der Waals surface area contributed by atoms with E-state index in [1.807, 2.05) is 12.1 Å². The molecule has 1 atom stereocenters. The Morgan fingerprint density at radius 1 is 1.20 bits per heavy atom. The van der Waals surface area contributed by atoms with E-state index in [0.717, 1.165) is 31.8 Å². The number of hydrogen-bond acceptors (Lipinski definition) is 4. The molecule has 1 saturated heterocycles. The maximum Gasteiger partial charge on any atom is 0.263 e. The van der Waals surface area contributed by atoms with Crippen molar-refractivity contribution in [2.45, 2.75) is 17.9 Å². The molecular formula is C18H21BrN2O3S. The van der Waals surface area contributed by atoms with Crippen molar-refractivity contribution in [3.05, 3.63) is 58.6 Å². The molecule has 1 heterocycles. The second-order valence-corrected chi connectivity index (χ2v) is 8.42. The van der Waals surface area contributed by atoms with Gasteiger partial charge in [-0.25, -0.2) is 8.42 Å². The molecule has 1 aliphatic rings. The summed E-state index contributed by atoms with van der Waals surface area (Å²) in [6, 6.07) is 14.1. The lowest BCUT2D eigenvalue weighted by atomic mass is 10.1. The fourth-order valence-electron chi connectivity index (χ4n) is 2.83. The van der Waals surface area contributed by atoms with E-state index in [1.165, 1.54) is 0 Å². The average molecular weight is 425 g/mol. The van der Waals surface area contributed by atoms with Crippen LogP contribution >= 0.6 is 15.9 Å². The van der Waals surface area contributed by atoms with Gasteiger partial charge in [0.1, 0.15) is 4.90 Å². The topological polar surface area (TPSA) is 58.6 Å². The first-order valence-electron chi connectivity index (χ1n) is 8.21. The van der Waals surface area contributed by atoms with Crippen LogP contribution < -0.4 is 4.72 Å². The van der Waals surface area contributed by atoms with E-state index in [2.05, 4.69) is 32.5 Å². The zero-order chi connectivity index (χ0) is 17.9. The molecule has 0 aliphatic carbocycles. The molecule has 3 rings (SSSR count). The van der Waals surface area contributed by atoms with Crippen molar-refractivity contribution >= 4 is 31.6 Å². The predicted octanol–water partition coefficient (Wildman–Crippen LogP) is 3.64. The molecule has 25 heavy (non-hydrogen) atoms. The van der Waals surface area contributed by atoms with Crippen molar-refractivity contribution in [3.63, 3.8) is 0 Å². The summed E-state index contributed by atoms with van der Waals surface area (Å²) in [5.74, 6) is 0. The van der Waals surface area contributed by atoms with Crippen molar-refractivity contribution < 1.29 is 13.2 Å². The van der Waals surface area contributed by atoms with E-state index in [0.29, 0.717) is 10.2 Å². The first-order chi connectivity index (χ1) is 12.0. The van der Waals surface area contributed by atoms with Crippen molar-refractivity contribution in [3.8, 4) is 0 Å². The molecule has 134 valence electrons. The molecule has 5 nitrogen and oxygen atoms in total. The zero-order valence-electron chi connectivity index (χ0n) is 14.0. The van der Waals surface area contributed by atoms with Gasteiger partial charge in [0.2, 0.25) is 0 Å². The lowest BCUT2D eigenvalue weighted by molar-refractivity contribution is -0.0281. The predicted molar refractivity (Wildman–Crippen MR) is 102 cm³/mol. The fraction of sp³-hybridized carbons (Fsp3) is 0.333. The Morgan fingerprint density at radius 2 is 1.92 bits per heavy atom. The van der Waals surface area contributed by atoms with Crippen LogP contribution in [0.5, 0.6) is 0 Å². The normalized spacial score (nSPS) is 18.9. The number of nitrogens with zero attached hydrogens (tertiary/aromatic N) is 1. The Labute approximate surface area is 157 Å². The van der Waals surface area contributed by atoms with Gasteiger partial charge >= 0.3 is 0 Å². The van der Waals surface area contributed by atoms with Crippen molar-refractivity contribution in [1.29, 1.82) is 0 Å². The maximum atomic E-state index is 12.5. The van der Waals surface area contributed by atoms with Gasteiger partial charge in [-0.3, -0.25) is 9.62 Å². The molecule has 1 fully saturated rings. The molecule has 0 aromatic heterocycles. The van der Waals surface area contributed by atoms with E-state index in [4.69, 9.17) is 4.74 Å². The molecular weight excluding hydrogens is 404 g/mol. The van der Waals surface area contributed by atoms with Gasteiger partial charge in [0, 0.05) is 23.2 Å². The molecule has 0 saturated carbocycles. The Morgan fingerprint density at radius 3 is 2.60 bits per heavy atom. The van der Waals surface area contributed by atoms with E-state index in [1.54, 1.807) is 36.4 Å². The van der Waals surface area contributed by atoms with Gasteiger partial charge in [0.15, 0.2) is 0 Å². The minimum absolute atomic E-state index is 0.0302. The molecule has 2 aromatic rings. The number of morpholine rings is 1. The third-order valence-corrected chi connectivity index (χ3v) is 6.65. The van der Waals surface area contributed by atoms with E-state index >= 15 is 0 Å². The summed E-state index contributed by atoms with van der Waals surface area (Å²) in [4.78, 5) is 2.56. The third kappa shape index (κ3) is 4.41. The second-order valence-electron chi connectivity index (χ2n) is 5.91. The minimum atomic E-state index is -3.63. The maximum absolute atomic E-state index is 12.5. The summed E-state index contributed by atoms with van der Waals surface area (Å²) in [6.45, 7) is 5.68. The first kappa shape index (κ1) is 18.4. The second kappa shape index (κ2) is 7.86. The summed E-state index contributed by atoms with van der Waals surface area (Å²) in [6.07, 6.45) is 0.0302. The molecule has 0 spiro atoms. The van der Waals surface area contributed by atoms with Crippen LogP contribution in [0.25, 0.3) is 0 Å². The first-order valence-corrected chi connectivity index (χ1v) is 10.5. The summed E-state index contributed by atoms with van der Waals surface area (Å²) in [5.41, 5.74) is 1.59. The van der Waals surface area contributed by atoms with E-state index < -0.39 is 10.0 Å². The number of likely N-dealkylation sites (N-methyl/N-ethyl adjacent to an activating group) is 1. The molecule has 2 aromatic carbocycles. The summed E-state index contributed by atoms with van der Waals surface area (Å²) < 4.78 is 34.0. The molecule has 1 unspecified atom stereocenters. The minimum Gasteiger partial charge on any atom is -0.371 e. The van der Waals surface area contributed by atoms with Gasteiger partial charge in [-0.1, -0.05) is 31.2 Å². The smallest absolute Gasteiger partial charge is 0.263 e. The molecule has 0 bridgehead atoms. The van der Waals surface area contributed by atoms with E-state index in [9.17, 15) is 8.42 Å². The van der Waals surface area contributed by atoms with Crippen molar-refractivity contribution in [2.24, 2.45) is 0 Å². The highest BCUT2D eigenvalue weighted by Gasteiger charge is 2.21. The van der Waals surface area contributed by atoms with Crippen LogP contribution in [0, 0.1) is 0 Å². The highest BCUT2D eigenvalue weighted by atomic mass is 79.9. The van der Waals surface area contributed by atoms with Crippen LogP contribution in [0.2, 0.25) is 0 Å². The largest absolute Gasteiger partial charge is 0.371 e. The van der Waals surface area contributed by atoms with Crippen LogP contribution in [-0.2, 0) is 14.8 Å². The Balaban J connectivity index is 1.74. The van der Waals surface area contributed by atoms with Gasteiger partial charge in [0.25, 0.3) is 10.0 Å². The summed E-state index contributed by atoms with van der Waals surface area (Å²) in [5, 5.41) is 0. The number of anilines is 1. The van der Waals surface area contributed by atoms with Crippen LogP contribution in [0.3, 0.4) is 0 Å². The Bertz CT molecular complexity index is 824. The lowest BCUT2D eigenvalue weighted by Crippen LogP contribution is -2.38. The van der Waals surface area contributed by atoms with Gasteiger partial charge < -0.3 is 4.74 Å². The molecule has 0 amide bonds. The van der Waals surface area contributed by atoms with E-state index in [-0.39, 0.29) is 11.0 Å².